The second-order valence-electron chi connectivity index (χ2n) is 8.15. The molecule has 2 aromatic carbocycles. The van der Waals surface area contributed by atoms with Crippen molar-refractivity contribution >= 4 is 23.9 Å². The minimum absolute atomic E-state index is 0.175. The third-order valence-electron chi connectivity index (χ3n) is 4.72. The summed E-state index contributed by atoms with van der Waals surface area (Å²) >= 11 is 0. The SMILES string of the molecule is C=C(C)c1ccc(C)cc1.C=C(OC(=NC)C(F)F)c1ccc(CC)cc1.C=NC.CC.CCCNCCC. The van der Waals surface area contributed by atoms with E-state index < -0.39 is 12.3 Å². The Morgan fingerprint density at radius 3 is 1.64 bits per heavy atom. The average molecular weight is 546 g/mol. The summed E-state index contributed by atoms with van der Waals surface area (Å²) in [4.78, 5) is 6.62. The second-order valence-corrected chi connectivity index (χ2v) is 8.15. The molecule has 2 aromatic rings. The van der Waals surface area contributed by atoms with Crippen molar-refractivity contribution in [2.75, 3.05) is 27.2 Å². The van der Waals surface area contributed by atoms with E-state index >= 15 is 0 Å². The predicted octanol–water partition coefficient (Wildman–Crippen LogP) is 9.30. The number of benzene rings is 2. The van der Waals surface area contributed by atoms with Gasteiger partial charge in [0.05, 0.1) is 0 Å². The van der Waals surface area contributed by atoms with Gasteiger partial charge in [-0.3, -0.25) is 4.99 Å². The van der Waals surface area contributed by atoms with Gasteiger partial charge in [-0.25, -0.2) is 0 Å². The highest BCUT2D eigenvalue weighted by Gasteiger charge is 2.15. The van der Waals surface area contributed by atoms with Gasteiger partial charge in [-0.05, 0) is 64.0 Å². The van der Waals surface area contributed by atoms with Gasteiger partial charge in [0, 0.05) is 19.7 Å². The third kappa shape index (κ3) is 22.6. The molecule has 0 atom stereocenters. The van der Waals surface area contributed by atoms with Crippen LogP contribution in [0.4, 0.5) is 8.78 Å². The van der Waals surface area contributed by atoms with Gasteiger partial charge in [-0.2, -0.15) is 8.78 Å². The van der Waals surface area contributed by atoms with Crippen molar-refractivity contribution in [2.24, 2.45) is 9.98 Å². The minimum Gasteiger partial charge on any atom is -0.438 e. The number of ether oxygens (including phenoxy) is 1. The number of rotatable bonds is 9. The monoisotopic (exact) mass is 545 g/mol. The standard InChI is InChI=1S/C13H15F2NO.C10H12.C6H15N.C2H5N.C2H6/c1-4-10-5-7-11(8-6-10)9(2)17-13(16-3)12(14)15;1-8(2)10-6-4-9(3)5-7-10;1-3-5-7-6-4-2;1-3-2;1-2/h5-8,12H,2,4H2,1,3H3;4-7H,1H2,2-3H3;7H,3-6H2,1-2H3;1H2,2H3;1-2H3. The first kappa shape index (κ1) is 40.4. The van der Waals surface area contributed by atoms with E-state index in [1.54, 1.807) is 19.2 Å². The summed E-state index contributed by atoms with van der Waals surface area (Å²) in [5.41, 5.74) is 5.49. The molecule has 0 bridgehead atoms. The van der Waals surface area contributed by atoms with Crippen molar-refractivity contribution in [1.82, 2.24) is 5.32 Å². The van der Waals surface area contributed by atoms with Gasteiger partial charge in [0.2, 0.25) is 0 Å². The number of aryl methyl sites for hydroxylation is 2. The zero-order valence-electron chi connectivity index (χ0n) is 25.9. The molecule has 0 aliphatic carbocycles. The van der Waals surface area contributed by atoms with E-state index in [1.165, 1.54) is 49.7 Å². The van der Waals surface area contributed by atoms with Crippen molar-refractivity contribution in [3.63, 3.8) is 0 Å². The number of hydrogen-bond acceptors (Lipinski definition) is 4. The molecule has 4 nitrogen and oxygen atoms in total. The van der Waals surface area contributed by atoms with Crippen molar-refractivity contribution < 1.29 is 13.5 Å². The lowest BCUT2D eigenvalue weighted by Gasteiger charge is -2.10. The molecule has 6 heteroatoms. The van der Waals surface area contributed by atoms with Gasteiger partial charge in [0.1, 0.15) is 5.76 Å². The van der Waals surface area contributed by atoms with Crippen LogP contribution < -0.4 is 5.32 Å². The molecule has 0 aliphatic heterocycles. The van der Waals surface area contributed by atoms with Gasteiger partial charge in [-0.15, -0.1) is 0 Å². The van der Waals surface area contributed by atoms with E-state index in [2.05, 4.69) is 80.2 Å². The molecule has 0 spiro atoms. The zero-order valence-corrected chi connectivity index (χ0v) is 25.9. The fourth-order valence-corrected chi connectivity index (χ4v) is 2.62. The molecule has 0 fully saturated rings. The summed E-state index contributed by atoms with van der Waals surface area (Å²) in [7, 11) is 2.90. The Morgan fingerprint density at radius 1 is 0.872 bits per heavy atom. The minimum atomic E-state index is -2.73. The van der Waals surface area contributed by atoms with Crippen molar-refractivity contribution in [3.8, 4) is 0 Å². The molecule has 0 amide bonds. The zero-order chi connectivity index (χ0) is 30.6. The summed E-state index contributed by atoms with van der Waals surface area (Å²) in [6.45, 7) is 27.4. The normalized spacial score (nSPS) is 9.69. The Bertz CT molecular complexity index is 902. The summed E-state index contributed by atoms with van der Waals surface area (Å²) in [6.07, 6.45) is 0.693. The maximum atomic E-state index is 12.4. The summed E-state index contributed by atoms with van der Waals surface area (Å²) in [5, 5.41) is 3.28. The number of halogens is 2. The van der Waals surface area contributed by atoms with Gasteiger partial charge in [0.15, 0.2) is 0 Å². The first-order valence-corrected chi connectivity index (χ1v) is 13.6. The van der Waals surface area contributed by atoms with Crippen LogP contribution in [0.5, 0.6) is 0 Å². The number of allylic oxidation sites excluding steroid dienone is 1. The van der Waals surface area contributed by atoms with Crippen LogP contribution >= 0.6 is 0 Å². The van der Waals surface area contributed by atoms with E-state index in [0.717, 1.165) is 12.0 Å². The van der Waals surface area contributed by atoms with Crippen LogP contribution in [0.1, 0.15) is 76.6 Å². The molecular formula is C33H53F2N3O. The van der Waals surface area contributed by atoms with Gasteiger partial charge in [-0.1, -0.05) is 107 Å². The largest absolute Gasteiger partial charge is 0.438 e. The number of nitrogens with zero attached hydrogens (tertiary/aromatic N) is 2. The fraction of sp³-hybridized carbons (Fsp3) is 0.455. The molecule has 39 heavy (non-hydrogen) atoms. The van der Waals surface area contributed by atoms with Gasteiger partial charge in [0.25, 0.3) is 5.90 Å². The Balaban J connectivity index is -0.000000500. The molecule has 2 rings (SSSR count). The molecule has 1 N–H and O–H groups in total. The fourth-order valence-electron chi connectivity index (χ4n) is 2.62. The quantitative estimate of drug-likeness (QED) is 0.148. The van der Waals surface area contributed by atoms with Gasteiger partial charge < -0.3 is 15.0 Å². The molecular weight excluding hydrogens is 492 g/mol. The van der Waals surface area contributed by atoms with E-state index in [1.807, 2.05) is 39.8 Å². The Kier molecular flexibility index (Phi) is 28.9. The van der Waals surface area contributed by atoms with Crippen LogP contribution in [-0.2, 0) is 11.2 Å². The maximum Gasteiger partial charge on any atom is 0.312 e. The maximum absolute atomic E-state index is 12.4. The average Bonchev–Trinajstić information content (AvgIpc) is 2.94. The highest BCUT2D eigenvalue weighted by Crippen LogP contribution is 2.17. The Hall–Kier alpha value is -3.12. The molecule has 0 aromatic heterocycles. The van der Waals surface area contributed by atoms with E-state index in [4.69, 9.17) is 4.74 Å². The Labute approximate surface area is 238 Å². The van der Waals surface area contributed by atoms with Crippen molar-refractivity contribution in [2.45, 2.75) is 74.2 Å². The first-order valence-electron chi connectivity index (χ1n) is 13.6. The topological polar surface area (TPSA) is 46.0 Å². The third-order valence-corrected chi connectivity index (χ3v) is 4.72. The lowest BCUT2D eigenvalue weighted by Crippen LogP contribution is -2.14. The lowest BCUT2D eigenvalue weighted by atomic mass is 10.1. The lowest BCUT2D eigenvalue weighted by molar-refractivity contribution is 0.196. The van der Waals surface area contributed by atoms with E-state index in [-0.39, 0.29) is 5.76 Å². The summed E-state index contributed by atoms with van der Waals surface area (Å²) < 4.78 is 29.7. The first-order chi connectivity index (χ1) is 18.6. The molecule has 0 aliphatic rings. The van der Waals surface area contributed by atoms with Crippen LogP contribution in [-0.4, -0.2) is 46.2 Å². The van der Waals surface area contributed by atoms with Crippen molar-refractivity contribution in [1.29, 1.82) is 0 Å². The number of nitrogens with one attached hydrogen (secondary N) is 1. The highest BCUT2D eigenvalue weighted by atomic mass is 19.3. The summed E-state index contributed by atoms with van der Waals surface area (Å²) in [5.74, 6) is -0.442. The number of alkyl halides is 2. The Morgan fingerprint density at radius 2 is 1.31 bits per heavy atom. The molecule has 0 unspecified atom stereocenters. The van der Waals surface area contributed by atoms with Gasteiger partial charge >= 0.3 is 6.43 Å². The number of aliphatic imine (C=N–C) groups is 2. The molecule has 0 saturated carbocycles. The molecule has 0 radical (unpaired) electrons. The molecule has 0 saturated heterocycles. The van der Waals surface area contributed by atoms with E-state index in [0.29, 0.717) is 5.56 Å². The van der Waals surface area contributed by atoms with Crippen LogP contribution in [0.25, 0.3) is 11.3 Å². The van der Waals surface area contributed by atoms with Crippen LogP contribution in [0.15, 0.2) is 71.7 Å². The number of hydrogen-bond donors (Lipinski definition) is 1. The molecule has 220 valence electrons. The van der Waals surface area contributed by atoms with Crippen LogP contribution in [0.3, 0.4) is 0 Å². The predicted molar refractivity (Wildman–Crippen MR) is 171 cm³/mol. The van der Waals surface area contributed by atoms with Crippen molar-refractivity contribution in [3.05, 3.63) is 83.9 Å². The smallest absolute Gasteiger partial charge is 0.312 e. The van der Waals surface area contributed by atoms with Crippen LogP contribution in [0.2, 0.25) is 0 Å². The molecule has 0 heterocycles. The van der Waals surface area contributed by atoms with Crippen LogP contribution in [0, 0.1) is 6.92 Å². The summed E-state index contributed by atoms with van der Waals surface area (Å²) in [6, 6.07) is 15.8. The second kappa shape index (κ2) is 27.9. The highest BCUT2D eigenvalue weighted by molar-refractivity contribution is 5.84. The van der Waals surface area contributed by atoms with E-state index in [9.17, 15) is 8.78 Å².